The smallest absolute Gasteiger partial charge is 0.0631 e. The number of aliphatic hydroxyl groups is 1. The third kappa shape index (κ3) is 1.11. The number of fused-ring (bicyclic) bond motifs is 1. The Bertz CT molecular complexity index is 207. The molecule has 0 aromatic rings. The summed E-state index contributed by atoms with van der Waals surface area (Å²) >= 11 is 0. The number of hydrogen-bond acceptors (Lipinski definition) is 1. The molecular weight excluding hydrogens is 148 g/mol. The highest BCUT2D eigenvalue weighted by molar-refractivity contribution is 5.20. The fraction of sp³-hybridized carbons (Fsp3) is 0.818. The van der Waals surface area contributed by atoms with E-state index < -0.39 is 0 Å². The van der Waals surface area contributed by atoms with Crippen LogP contribution >= 0.6 is 0 Å². The lowest BCUT2D eigenvalue weighted by atomic mass is 9.64. The topological polar surface area (TPSA) is 20.2 Å². The summed E-state index contributed by atoms with van der Waals surface area (Å²) in [6.45, 7) is 2.24. The normalized spacial score (nSPS) is 41.8. The lowest BCUT2D eigenvalue weighted by Crippen LogP contribution is -2.38. The third-order valence-electron chi connectivity index (χ3n) is 3.68. The van der Waals surface area contributed by atoms with Gasteiger partial charge in [0.2, 0.25) is 0 Å². The van der Waals surface area contributed by atoms with Crippen LogP contribution < -0.4 is 0 Å². The van der Waals surface area contributed by atoms with Crippen LogP contribution in [0.5, 0.6) is 0 Å². The van der Waals surface area contributed by atoms with Gasteiger partial charge in [0.25, 0.3) is 0 Å². The van der Waals surface area contributed by atoms with Gasteiger partial charge in [-0.25, -0.2) is 0 Å². The van der Waals surface area contributed by atoms with E-state index in [0.29, 0.717) is 0 Å². The lowest BCUT2D eigenvalue weighted by molar-refractivity contribution is 0.0261. The van der Waals surface area contributed by atoms with Crippen molar-refractivity contribution < 1.29 is 5.11 Å². The molecule has 0 aliphatic heterocycles. The van der Waals surface area contributed by atoms with E-state index in [0.717, 1.165) is 6.42 Å². The Morgan fingerprint density at radius 2 is 2.33 bits per heavy atom. The molecule has 2 unspecified atom stereocenters. The van der Waals surface area contributed by atoms with E-state index in [1.54, 1.807) is 0 Å². The molecule has 0 radical (unpaired) electrons. The minimum absolute atomic E-state index is 0.0715. The van der Waals surface area contributed by atoms with E-state index in [-0.39, 0.29) is 11.5 Å². The highest BCUT2D eigenvalue weighted by Gasteiger charge is 2.39. The predicted octanol–water partition coefficient (Wildman–Crippen LogP) is 2.65. The van der Waals surface area contributed by atoms with Crippen molar-refractivity contribution in [2.24, 2.45) is 5.41 Å². The molecule has 0 bridgehead atoms. The molecule has 0 amide bonds. The fourth-order valence-electron chi connectivity index (χ4n) is 2.71. The average Bonchev–Trinajstić information content (AvgIpc) is 2.07. The summed E-state index contributed by atoms with van der Waals surface area (Å²) in [5, 5.41) is 9.92. The zero-order valence-electron chi connectivity index (χ0n) is 7.84. The van der Waals surface area contributed by atoms with Gasteiger partial charge in [0.05, 0.1) is 6.10 Å². The van der Waals surface area contributed by atoms with Crippen LogP contribution in [0.4, 0.5) is 0 Å². The summed E-state index contributed by atoms with van der Waals surface area (Å²) in [4.78, 5) is 0. The molecule has 1 nitrogen and oxygen atoms in total. The van der Waals surface area contributed by atoms with Crippen molar-refractivity contribution in [1.82, 2.24) is 0 Å². The maximum absolute atomic E-state index is 9.92. The first kappa shape index (κ1) is 8.31. The first-order valence-electron chi connectivity index (χ1n) is 5.11. The first-order chi connectivity index (χ1) is 5.73. The quantitative estimate of drug-likeness (QED) is 0.548. The molecule has 2 rings (SSSR count). The van der Waals surface area contributed by atoms with Crippen LogP contribution in [0.1, 0.15) is 45.4 Å². The Kier molecular flexibility index (Phi) is 1.99. The molecule has 2 aliphatic rings. The van der Waals surface area contributed by atoms with Crippen molar-refractivity contribution in [3.63, 3.8) is 0 Å². The molecule has 1 N–H and O–H groups in total. The van der Waals surface area contributed by atoms with Crippen molar-refractivity contribution in [1.29, 1.82) is 0 Å². The Morgan fingerprint density at radius 1 is 1.50 bits per heavy atom. The van der Waals surface area contributed by atoms with Crippen LogP contribution in [0, 0.1) is 5.41 Å². The molecule has 2 aliphatic carbocycles. The SMILES string of the molecule is CC12CCCC=C1CCCC2O. The highest BCUT2D eigenvalue weighted by atomic mass is 16.3. The van der Waals surface area contributed by atoms with E-state index in [1.807, 2.05) is 0 Å². The zero-order valence-corrected chi connectivity index (χ0v) is 7.84. The van der Waals surface area contributed by atoms with Crippen LogP contribution in [0.25, 0.3) is 0 Å². The molecule has 0 spiro atoms. The second-order valence-electron chi connectivity index (χ2n) is 4.45. The summed E-state index contributed by atoms with van der Waals surface area (Å²) < 4.78 is 0. The van der Waals surface area contributed by atoms with E-state index >= 15 is 0 Å². The van der Waals surface area contributed by atoms with Gasteiger partial charge in [0, 0.05) is 5.41 Å². The number of allylic oxidation sites excluding steroid dienone is 1. The number of aliphatic hydroxyl groups excluding tert-OH is 1. The lowest BCUT2D eigenvalue weighted by Gasteiger charge is -2.43. The second kappa shape index (κ2) is 2.88. The van der Waals surface area contributed by atoms with Crippen molar-refractivity contribution in [2.45, 2.75) is 51.6 Å². The fourth-order valence-corrected chi connectivity index (χ4v) is 2.71. The minimum atomic E-state index is -0.0715. The maximum Gasteiger partial charge on any atom is 0.0631 e. The van der Waals surface area contributed by atoms with Gasteiger partial charge in [-0.3, -0.25) is 0 Å². The molecular formula is C11H18O. The summed E-state index contributed by atoms with van der Waals surface area (Å²) in [6, 6.07) is 0. The van der Waals surface area contributed by atoms with Crippen molar-refractivity contribution in [3.05, 3.63) is 11.6 Å². The van der Waals surface area contributed by atoms with Crippen molar-refractivity contribution in [2.75, 3.05) is 0 Å². The molecule has 0 aromatic heterocycles. The molecule has 0 saturated heterocycles. The molecule has 0 aromatic carbocycles. The van der Waals surface area contributed by atoms with Gasteiger partial charge in [-0.15, -0.1) is 0 Å². The molecule has 1 saturated carbocycles. The van der Waals surface area contributed by atoms with Crippen LogP contribution in [-0.2, 0) is 0 Å². The summed E-state index contributed by atoms with van der Waals surface area (Å²) in [5.74, 6) is 0. The van der Waals surface area contributed by atoms with E-state index in [2.05, 4.69) is 13.0 Å². The summed E-state index contributed by atoms with van der Waals surface area (Å²) in [5.41, 5.74) is 1.68. The average molecular weight is 166 g/mol. The Labute approximate surface area is 74.5 Å². The predicted molar refractivity (Wildman–Crippen MR) is 49.9 cm³/mol. The maximum atomic E-state index is 9.92. The van der Waals surface area contributed by atoms with E-state index in [9.17, 15) is 5.11 Å². The summed E-state index contributed by atoms with van der Waals surface area (Å²) in [7, 11) is 0. The van der Waals surface area contributed by atoms with Gasteiger partial charge < -0.3 is 5.11 Å². The van der Waals surface area contributed by atoms with Crippen LogP contribution in [0.3, 0.4) is 0 Å². The highest BCUT2D eigenvalue weighted by Crippen LogP contribution is 2.46. The molecule has 0 heterocycles. The van der Waals surface area contributed by atoms with Gasteiger partial charge in [-0.05, 0) is 38.5 Å². The Balaban J connectivity index is 2.28. The van der Waals surface area contributed by atoms with Gasteiger partial charge >= 0.3 is 0 Å². The van der Waals surface area contributed by atoms with Crippen LogP contribution in [0.2, 0.25) is 0 Å². The number of rotatable bonds is 0. The molecule has 2 atom stereocenters. The van der Waals surface area contributed by atoms with Crippen molar-refractivity contribution >= 4 is 0 Å². The van der Waals surface area contributed by atoms with Crippen LogP contribution in [0.15, 0.2) is 11.6 Å². The van der Waals surface area contributed by atoms with E-state index in [4.69, 9.17) is 0 Å². The molecule has 1 heteroatoms. The van der Waals surface area contributed by atoms with E-state index in [1.165, 1.54) is 37.7 Å². The minimum Gasteiger partial charge on any atom is -0.392 e. The second-order valence-corrected chi connectivity index (χ2v) is 4.45. The van der Waals surface area contributed by atoms with Gasteiger partial charge in [0.1, 0.15) is 0 Å². The summed E-state index contributed by atoms with van der Waals surface area (Å²) in [6.07, 6.45) is 9.41. The Hall–Kier alpha value is -0.300. The molecule has 12 heavy (non-hydrogen) atoms. The zero-order chi connectivity index (χ0) is 8.60. The van der Waals surface area contributed by atoms with Gasteiger partial charge in [0.15, 0.2) is 0 Å². The number of hydrogen-bond donors (Lipinski definition) is 1. The largest absolute Gasteiger partial charge is 0.392 e. The van der Waals surface area contributed by atoms with Crippen molar-refractivity contribution in [3.8, 4) is 0 Å². The van der Waals surface area contributed by atoms with Gasteiger partial charge in [-0.1, -0.05) is 18.6 Å². The van der Waals surface area contributed by atoms with Crippen LogP contribution in [-0.4, -0.2) is 11.2 Å². The van der Waals surface area contributed by atoms with Gasteiger partial charge in [-0.2, -0.15) is 0 Å². The molecule has 1 fully saturated rings. The Morgan fingerprint density at radius 3 is 3.08 bits per heavy atom. The standard InChI is InChI=1S/C11H18O/c1-11-8-3-2-5-9(11)6-4-7-10(11)12/h5,10,12H,2-4,6-8H2,1H3. The first-order valence-corrected chi connectivity index (χ1v) is 5.11. The monoisotopic (exact) mass is 166 g/mol. The third-order valence-corrected chi connectivity index (χ3v) is 3.68. The molecule has 68 valence electrons.